The van der Waals surface area contributed by atoms with Gasteiger partial charge in [0.1, 0.15) is 19.3 Å². The Morgan fingerprint density at radius 3 is 0.900 bits per heavy atom. The van der Waals surface area contributed by atoms with E-state index in [4.69, 9.17) is 37.0 Å². The summed E-state index contributed by atoms with van der Waals surface area (Å²) in [6, 6.07) is 0. The summed E-state index contributed by atoms with van der Waals surface area (Å²) in [5, 5.41) is 10.6. The standard InChI is InChI=1S/C81H132O17P2/c1-5-9-13-17-21-25-29-32-35-36-37-38-41-43-47-50-54-58-62-66-79(84)92-72-77(98-81(86)68-64-60-56-52-48-44-40-34-31-27-23-19-15-11-7-3)74-96-100(89,90)94-70-75(82)69-93-99(87,88)95-73-76(97-80(85)67-63-59-55-51-45-28-24-20-16-12-8-4)71-91-78(83)65-61-57-53-49-46-42-39-33-30-26-22-18-14-10-6-2/h9-11,13-15,21-23,25-27,32-35,37-40,43,47-48,52,60,64,75-77,82H,5-8,12,16-20,24,28-31,36,41-42,44-46,49-51,53-59,61-63,65-74H2,1-4H3,(H,87,88)(H,89,90)/b13-9-,14-10-,15-11-,25-21-,26-22-,27-23-,35-32-,38-37-,39-33-,40-34-,47-43-,52-48-,64-60-. The Labute approximate surface area is 604 Å². The topological polar surface area (TPSA) is 237 Å². The lowest BCUT2D eigenvalue weighted by atomic mass is 10.1. The van der Waals surface area contributed by atoms with E-state index in [-0.39, 0.29) is 25.7 Å². The molecule has 0 aromatic carbocycles. The van der Waals surface area contributed by atoms with Crippen molar-refractivity contribution in [2.24, 2.45) is 0 Å². The molecular formula is C81H132O17P2. The van der Waals surface area contributed by atoms with Gasteiger partial charge in [-0.1, -0.05) is 276 Å². The molecule has 0 saturated carbocycles. The van der Waals surface area contributed by atoms with Gasteiger partial charge in [-0.2, -0.15) is 0 Å². The number of phosphoric ester groups is 2. The van der Waals surface area contributed by atoms with Crippen LogP contribution in [-0.2, 0) is 65.4 Å². The van der Waals surface area contributed by atoms with Crippen LogP contribution in [0.15, 0.2) is 158 Å². The predicted molar refractivity (Wildman–Crippen MR) is 408 cm³/mol. The third-order valence-electron chi connectivity index (χ3n) is 15.0. The van der Waals surface area contributed by atoms with Gasteiger partial charge in [0.05, 0.1) is 32.8 Å². The van der Waals surface area contributed by atoms with Crippen molar-refractivity contribution in [3.63, 3.8) is 0 Å². The molecule has 0 heterocycles. The number of ether oxygens (including phenoxy) is 4. The summed E-state index contributed by atoms with van der Waals surface area (Å²) in [5.41, 5.74) is 0. The minimum Gasteiger partial charge on any atom is -0.462 e. The lowest BCUT2D eigenvalue weighted by molar-refractivity contribution is -0.161. The molecule has 0 fully saturated rings. The van der Waals surface area contributed by atoms with Crippen molar-refractivity contribution in [3.8, 4) is 0 Å². The molecule has 19 heteroatoms. The molecule has 0 bridgehead atoms. The molecule has 0 spiro atoms. The Morgan fingerprint density at radius 2 is 0.560 bits per heavy atom. The molecule has 0 radical (unpaired) electrons. The van der Waals surface area contributed by atoms with E-state index in [0.717, 1.165) is 154 Å². The number of carbonyl (C=O) groups excluding carboxylic acids is 4. The number of unbranched alkanes of at least 4 members (excludes halogenated alkanes) is 18. The average molecular weight is 1440 g/mol. The highest BCUT2D eigenvalue weighted by Crippen LogP contribution is 2.45. The van der Waals surface area contributed by atoms with Gasteiger partial charge in [-0.25, -0.2) is 9.13 Å². The monoisotopic (exact) mass is 1440 g/mol. The van der Waals surface area contributed by atoms with Crippen molar-refractivity contribution >= 4 is 39.5 Å². The maximum atomic E-state index is 13.1. The average Bonchev–Trinajstić information content (AvgIpc) is 0.985. The first kappa shape index (κ1) is 94.7. The van der Waals surface area contributed by atoms with Crippen LogP contribution in [0.4, 0.5) is 0 Å². The van der Waals surface area contributed by atoms with Crippen molar-refractivity contribution in [1.29, 1.82) is 0 Å². The van der Waals surface area contributed by atoms with Crippen LogP contribution in [0.5, 0.6) is 0 Å². The minimum atomic E-state index is -5.01. The Morgan fingerprint density at radius 1 is 0.300 bits per heavy atom. The van der Waals surface area contributed by atoms with Crippen molar-refractivity contribution in [2.75, 3.05) is 39.6 Å². The van der Waals surface area contributed by atoms with Crippen LogP contribution in [0.1, 0.15) is 272 Å². The van der Waals surface area contributed by atoms with Gasteiger partial charge in [0.2, 0.25) is 0 Å². The summed E-state index contributed by atoms with van der Waals surface area (Å²) in [5.74, 6) is -2.39. The van der Waals surface area contributed by atoms with Crippen molar-refractivity contribution in [1.82, 2.24) is 0 Å². The van der Waals surface area contributed by atoms with Gasteiger partial charge in [-0.15, -0.1) is 0 Å². The van der Waals surface area contributed by atoms with Crippen LogP contribution in [-0.4, -0.2) is 96.7 Å². The van der Waals surface area contributed by atoms with Gasteiger partial charge in [-0.05, 0) is 128 Å². The number of aliphatic hydroxyl groups excluding tert-OH is 1. The predicted octanol–water partition coefficient (Wildman–Crippen LogP) is 21.7. The zero-order valence-electron chi connectivity index (χ0n) is 61.8. The number of esters is 4. The van der Waals surface area contributed by atoms with Crippen LogP contribution in [0, 0.1) is 0 Å². The van der Waals surface area contributed by atoms with Crippen molar-refractivity contribution in [2.45, 2.75) is 290 Å². The smallest absolute Gasteiger partial charge is 0.462 e. The summed E-state index contributed by atoms with van der Waals surface area (Å²) < 4.78 is 68.2. The fourth-order valence-electron chi connectivity index (χ4n) is 9.39. The number of phosphoric acid groups is 2. The van der Waals surface area contributed by atoms with Crippen LogP contribution in [0.25, 0.3) is 0 Å². The summed E-state index contributed by atoms with van der Waals surface area (Å²) in [7, 11) is -10.00. The molecular weight excluding hydrogens is 1310 g/mol. The highest BCUT2D eigenvalue weighted by molar-refractivity contribution is 7.47. The largest absolute Gasteiger partial charge is 0.472 e. The van der Waals surface area contributed by atoms with E-state index in [1.807, 2.05) is 12.2 Å². The third kappa shape index (κ3) is 71.1. The van der Waals surface area contributed by atoms with Crippen LogP contribution < -0.4 is 0 Å². The Hall–Kier alpha value is -5.32. The normalized spacial score (nSPS) is 14.8. The number of aliphatic hydroxyl groups is 1. The fourth-order valence-corrected chi connectivity index (χ4v) is 11.0. The van der Waals surface area contributed by atoms with Crippen LogP contribution in [0.2, 0.25) is 0 Å². The van der Waals surface area contributed by atoms with Gasteiger partial charge in [0, 0.05) is 19.3 Å². The molecule has 0 aliphatic heterocycles. The van der Waals surface area contributed by atoms with Crippen LogP contribution >= 0.6 is 15.6 Å². The molecule has 568 valence electrons. The SMILES string of the molecule is CC/C=C\C/C=C\C/C=C\C/C=C\C/C=C\CCCCCC(=O)OCC(COP(=O)(O)OCC(O)COP(=O)(O)OCC(COC(=O)CCCCCCC/C=C\C/C=C\C/C=C\CC)OC(=O)CCCCCCCCCCCCC)OC(=O)C/C=C\C/C=C\C/C=C\C/C=C\C/C=C\CC. The molecule has 0 aliphatic carbocycles. The first-order chi connectivity index (χ1) is 48.7. The van der Waals surface area contributed by atoms with Gasteiger partial charge >= 0.3 is 39.5 Å². The van der Waals surface area contributed by atoms with E-state index in [2.05, 4.69) is 161 Å². The summed E-state index contributed by atoms with van der Waals surface area (Å²) in [6.07, 6.45) is 82.8. The molecule has 0 aromatic heterocycles. The molecule has 17 nitrogen and oxygen atoms in total. The quantitative estimate of drug-likeness (QED) is 0.0169. The van der Waals surface area contributed by atoms with E-state index in [1.54, 1.807) is 12.2 Å². The molecule has 100 heavy (non-hydrogen) atoms. The Kier molecular flexibility index (Phi) is 68.2. The summed E-state index contributed by atoms with van der Waals surface area (Å²) >= 11 is 0. The highest BCUT2D eigenvalue weighted by atomic mass is 31.2. The number of carbonyl (C=O) groups is 4. The number of rotatable bonds is 69. The van der Waals surface area contributed by atoms with E-state index < -0.39 is 97.5 Å². The highest BCUT2D eigenvalue weighted by Gasteiger charge is 2.30. The zero-order valence-corrected chi connectivity index (χ0v) is 63.6. The summed E-state index contributed by atoms with van der Waals surface area (Å²) in [4.78, 5) is 72.7. The molecule has 0 aromatic rings. The number of hydrogen-bond donors (Lipinski definition) is 3. The molecule has 0 saturated heterocycles. The maximum Gasteiger partial charge on any atom is 0.472 e. The lowest BCUT2D eigenvalue weighted by Gasteiger charge is -2.21. The van der Waals surface area contributed by atoms with E-state index in [0.29, 0.717) is 25.7 Å². The molecule has 0 aliphatic rings. The zero-order chi connectivity index (χ0) is 73.2. The Bertz CT molecular complexity index is 2520. The van der Waals surface area contributed by atoms with Gasteiger partial charge in [0.25, 0.3) is 0 Å². The maximum absolute atomic E-state index is 13.1. The number of allylic oxidation sites excluding steroid dienone is 25. The first-order valence-electron chi connectivity index (χ1n) is 37.7. The van der Waals surface area contributed by atoms with Gasteiger partial charge in [0.15, 0.2) is 12.2 Å². The molecule has 3 N–H and O–H groups in total. The second-order valence-electron chi connectivity index (χ2n) is 24.5. The van der Waals surface area contributed by atoms with E-state index in [9.17, 15) is 43.2 Å². The molecule has 5 unspecified atom stereocenters. The molecule has 0 amide bonds. The van der Waals surface area contributed by atoms with Gasteiger partial charge < -0.3 is 33.8 Å². The van der Waals surface area contributed by atoms with Gasteiger partial charge in [-0.3, -0.25) is 37.3 Å². The fraction of sp³-hybridized carbons (Fsp3) is 0.630. The second-order valence-corrected chi connectivity index (χ2v) is 27.4. The van der Waals surface area contributed by atoms with Crippen LogP contribution in [0.3, 0.4) is 0 Å². The van der Waals surface area contributed by atoms with E-state index in [1.165, 1.54) is 38.5 Å². The molecule has 0 rings (SSSR count). The second kappa shape index (κ2) is 72.0. The summed E-state index contributed by atoms with van der Waals surface area (Å²) in [6.45, 7) is 4.33. The minimum absolute atomic E-state index is 0.0858. The third-order valence-corrected chi connectivity index (χ3v) is 16.9. The Balaban J connectivity index is 5.45. The van der Waals surface area contributed by atoms with E-state index >= 15 is 0 Å². The van der Waals surface area contributed by atoms with Crippen molar-refractivity contribution < 1.29 is 80.2 Å². The molecule has 5 atom stereocenters. The first-order valence-corrected chi connectivity index (χ1v) is 40.7. The number of hydrogen-bond acceptors (Lipinski definition) is 15. The lowest BCUT2D eigenvalue weighted by Crippen LogP contribution is -2.30. The van der Waals surface area contributed by atoms with Crippen molar-refractivity contribution in [3.05, 3.63) is 158 Å².